The molecule has 0 radical (unpaired) electrons. The lowest BCUT2D eigenvalue weighted by molar-refractivity contribution is -0.150. The summed E-state index contributed by atoms with van der Waals surface area (Å²) in [5, 5.41) is 28.5. The number of amides is 2. The molecule has 4 rings (SSSR count). The number of nitrogens with zero attached hydrogens (tertiary/aromatic N) is 5. The number of nitrogens with one attached hydrogen (secondary N) is 1. The molecule has 5 N–H and O–H groups in total. The zero-order valence-electron chi connectivity index (χ0n) is 18.5. The number of carbonyl (C=O) groups excluding carboxylic acids is 2. The van der Waals surface area contributed by atoms with Crippen LogP contribution in [0.15, 0.2) is 26.5 Å². The van der Waals surface area contributed by atoms with Gasteiger partial charge in [0, 0.05) is 41.3 Å². The second kappa shape index (κ2) is 10.4. The number of carbonyl (C=O) groups is 3. The van der Waals surface area contributed by atoms with Crippen LogP contribution >= 0.6 is 46.2 Å². The van der Waals surface area contributed by atoms with Crippen LogP contribution in [0, 0.1) is 0 Å². The van der Waals surface area contributed by atoms with Gasteiger partial charge in [-0.1, -0.05) is 5.16 Å². The molecule has 2 aromatic heterocycles. The Bertz CT molecular complexity index is 1220. The molecular formula is C19H21N7O5S4. The van der Waals surface area contributed by atoms with E-state index >= 15 is 0 Å². The molecule has 16 heteroatoms. The standard InChI is InChI=1S/C19H21N7O5S4/c1-25(2)19-21-8(5-35-19)3-4-32-10-7-33-16-12(15(28)26(16)13(10)17(29)30)23-14(27)11(24-31)9-6-34-18(20)22-9/h5-6,12,16,31H,3-4,7H2,1-2H3,(H2,20,22)(H,23,27)(H,29,30)/b24-11-/t12-,16-/m1/s1. The molecule has 0 spiro atoms. The topological polar surface area (TPSA) is 174 Å². The number of carboxylic acid groups (broad SMARTS) is 1. The van der Waals surface area contributed by atoms with E-state index in [0.29, 0.717) is 22.8 Å². The van der Waals surface area contributed by atoms with Gasteiger partial charge in [-0.05, 0) is 6.42 Å². The predicted molar refractivity (Wildman–Crippen MR) is 137 cm³/mol. The third kappa shape index (κ3) is 5.10. The number of fused-ring (bicyclic) bond motifs is 1. The Kier molecular flexibility index (Phi) is 7.53. The van der Waals surface area contributed by atoms with E-state index in [0.717, 1.165) is 22.2 Å². The van der Waals surface area contributed by atoms with Crippen molar-refractivity contribution in [1.29, 1.82) is 0 Å². The molecule has 2 atom stereocenters. The Balaban J connectivity index is 1.41. The summed E-state index contributed by atoms with van der Waals surface area (Å²) < 4.78 is 0. The Morgan fingerprint density at radius 2 is 2.11 bits per heavy atom. The highest BCUT2D eigenvalue weighted by Crippen LogP contribution is 2.43. The van der Waals surface area contributed by atoms with Crippen molar-refractivity contribution >= 4 is 80.0 Å². The number of carboxylic acids is 1. The van der Waals surface area contributed by atoms with Gasteiger partial charge in [0.2, 0.25) is 0 Å². The first-order chi connectivity index (χ1) is 16.7. The smallest absolute Gasteiger partial charge is 0.353 e. The minimum atomic E-state index is -1.20. The normalized spacial score (nSPS) is 19.9. The minimum Gasteiger partial charge on any atom is -0.477 e. The third-order valence-corrected chi connectivity index (χ3v) is 9.35. The molecule has 35 heavy (non-hydrogen) atoms. The van der Waals surface area contributed by atoms with Crippen molar-refractivity contribution in [2.24, 2.45) is 5.16 Å². The molecule has 1 fully saturated rings. The second-order valence-electron chi connectivity index (χ2n) is 7.57. The molecule has 1 saturated heterocycles. The van der Waals surface area contributed by atoms with Crippen LogP contribution in [0.2, 0.25) is 0 Å². The molecule has 0 unspecified atom stereocenters. The van der Waals surface area contributed by atoms with Crippen LogP contribution in [0.5, 0.6) is 0 Å². The van der Waals surface area contributed by atoms with Gasteiger partial charge in [-0.2, -0.15) is 0 Å². The number of aryl methyl sites for hydroxylation is 1. The molecule has 2 aromatic rings. The zero-order valence-corrected chi connectivity index (χ0v) is 21.8. The van der Waals surface area contributed by atoms with Crippen molar-refractivity contribution in [1.82, 2.24) is 20.2 Å². The molecule has 0 saturated carbocycles. The number of rotatable bonds is 9. The van der Waals surface area contributed by atoms with E-state index in [9.17, 15) is 24.7 Å². The van der Waals surface area contributed by atoms with Gasteiger partial charge in [-0.3, -0.25) is 14.5 Å². The minimum absolute atomic E-state index is 0.0650. The summed E-state index contributed by atoms with van der Waals surface area (Å²) in [6.07, 6.45) is 0.663. The van der Waals surface area contributed by atoms with Crippen molar-refractivity contribution in [3.8, 4) is 0 Å². The fourth-order valence-corrected chi connectivity index (χ4v) is 7.37. The van der Waals surface area contributed by atoms with Gasteiger partial charge in [0.15, 0.2) is 16.0 Å². The number of anilines is 2. The van der Waals surface area contributed by atoms with Crippen LogP contribution in [-0.2, 0) is 20.8 Å². The molecule has 12 nitrogen and oxygen atoms in total. The van der Waals surface area contributed by atoms with Gasteiger partial charge in [0.25, 0.3) is 11.8 Å². The predicted octanol–water partition coefficient (Wildman–Crippen LogP) is 1.10. The van der Waals surface area contributed by atoms with E-state index in [1.807, 2.05) is 24.4 Å². The quantitative estimate of drug-likeness (QED) is 0.151. The maximum atomic E-state index is 12.8. The van der Waals surface area contributed by atoms with Crippen molar-refractivity contribution < 1.29 is 24.7 Å². The molecule has 2 aliphatic rings. The lowest BCUT2D eigenvalue weighted by Gasteiger charge is -2.49. The monoisotopic (exact) mass is 555 g/mol. The Morgan fingerprint density at radius 1 is 1.34 bits per heavy atom. The van der Waals surface area contributed by atoms with Gasteiger partial charge in [0.05, 0.1) is 5.69 Å². The highest BCUT2D eigenvalue weighted by Gasteiger charge is 2.54. The maximum absolute atomic E-state index is 12.8. The molecule has 2 amide bonds. The summed E-state index contributed by atoms with van der Waals surface area (Å²) in [7, 11) is 3.84. The summed E-state index contributed by atoms with van der Waals surface area (Å²) in [6.45, 7) is 0. The van der Waals surface area contributed by atoms with E-state index in [1.165, 1.54) is 33.8 Å². The number of hydrogen-bond donors (Lipinski definition) is 4. The van der Waals surface area contributed by atoms with Crippen LogP contribution < -0.4 is 16.0 Å². The average Bonchev–Trinajstić information content (AvgIpc) is 3.46. The number of nitrogens with two attached hydrogens (primary N) is 1. The first-order valence-electron chi connectivity index (χ1n) is 10.1. The SMILES string of the molecule is CN(C)c1nc(CCSC2=C(C(=O)O)N3C(=O)[C@@H](NC(=O)/C(=N\O)c4csc(N)n4)[C@H]3SC2)cs1. The largest absolute Gasteiger partial charge is 0.477 e. The van der Waals surface area contributed by atoms with Gasteiger partial charge in [-0.25, -0.2) is 14.8 Å². The highest BCUT2D eigenvalue weighted by atomic mass is 32.2. The van der Waals surface area contributed by atoms with Crippen molar-refractivity contribution in [2.75, 3.05) is 36.2 Å². The van der Waals surface area contributed by atoms with Gasteiger partial charge in [0.1, 0.15) is 22.8 Å². The summed E-state index contributed by atoms with van der Waals surface area (Å²) in [4.78, 5) is 49.7. The summed E-state index contributed by atoms with van der Waals surface area (Å²) >= 11 is 5.36. The molecule has 2 aliphatic heterocycles. The van der Waals surface area contributed by atoms with E-state index in [-0.39, 0.29) is 22.2 Å². The fourth-order valence-electron chi connectivity index (χ4n) is 3.42. The lowest BCUT2D eigenvalue weighted by atomic mass is 10.0. The number of oxime groups is 1. The number of thioether (sulfide) groups is 2. The van der Waals surface area contributed by atoms with Crippen LogP contribution in [-0.4, -0.2) is 85.7 Å². The van der Waals surface area contributed by atoms with Crippen LogP contribution in [0.4, 0.5) is 10.3 Å². The van der Waals surface area contributed by atoms with Crippen LogP contribution in [0.3, 0.4) is 0 Å². The van der Waals surface area contributed by atoms with Gasteiger partial charge < -0.3 is 26.3 Å². The Labute approximate surface area is 216 Å². The summed E-state index contributed by atoms with van der Waals surface area (Å²) in [5.74, 6) is -1.55. The average molecular weight is 556 g/mol. The number of aliphatic carboxylic acids is 1. The third-order valence-electron chi connectivity index (χ3n) is 5.06. The van der Waals surface area contributed by atoms with Crippen LogP contribution in [0.1, 0.15) is 11.4 Å². The Morgan fingerprint density at radius 3 is 2.71 bits per heavy atom. The number of thiazole rings is 2. The summed E-state index contributed by atoms with van der Waals surface area (Å²) in [6, 6.07) is -0.958. The molecule has 4 heterocycles. The van der Waals surface area contributed by atoms with E-state index in [4.69, 9.17) is 5.73 Å². The van der Waals surface area contributed by atoms with Crippen molar-refractivity contribution in [3.63, 3.8) is 0 Å². The number of nitrogen functional groups attached to an aromatic ring is 1. The highest BCUT2D eigenvalue weighted by molar-refractivity contribution is 8.06. The second-order valence-corrected chi connectivity index (χ2v) is 11.6. The zero-order chi connectivity index (χ0) is 25.3. The molecular weight excluding hydrogens is 535 g/mol. The van der Waals surface area contributed by atoms with Gasteiger partial charge in [-0.15, -0.1) is 46.2 Å². The first-order valence-corrected chi connectivity index (χ1v) is 13.9. The summed E-state index contributed by atoms with van der Waals surface area (Å²) in [5.41, 5.74) is 6.12. The van der Waals surface area contributed by atoms with E-state index < -0.39 is 29.2 Å². The number of β-lactam (4-membered cyclic amide) rings is 1. The van der Waals surface area contributed by atoms with Crippen LogP contribution in [0.25, 0.3) is 0 Å². The molecule has 0 bridgehead atoms. The van der Waals surface area contributed by atoms with Gasteiger partial charge >= 0.3 is 5.97 Å². The van der Waals surface area contributed by atoms with E-state index in [2.05, 4.69) is 20.4 Å². The van der Waals surface area contributed by atoms with E-state index in [1.54, 1.807) is 11.3 Å². The fraction of sp³-hybridized carbons (Fsp3) is 0.368. The number of hydrogen-bond acceptors (Lipinski definition) is 13. The molecule has 0 aliphatic carbocycles. The Hall–Kier alpha value is -2.82. The molecule has 186 valence electrons. The van der Waals surface area contributed by atoms with Crippen molar-refractivity contribution in [2.45, 2.75) is 17.8 Å². The van der Waals surface area contributed by atoms with Crippen molar-refractivity contribution in [3.05, 3.63) is 32.8 Å². The maximum Gasteiger partial charge on any atom is 0.353 e. The molecule has 0 aromatic carbocycles. The lowest BCUT2D eigenvalue weighted by Crippen LogP contribution is -2.71. The number of aromatic nitrogens is 2. The first kappa shape index (κ1) is 25.3.